The highest BCUT2D eigenvalue weighted by atomic mass is 19.4. The van der Waals surface area contributed by atoms with Crippen LogP contribution in [-0.2, 0) is 11.2 Å². The number of amides is 1. The highest BCUT2D eigenvalue weighted by Gasteiger charge is 2.64. The van der Waals surface area contributed by atoms with Gasteiger partial charge in [-0.25, -0.2) is 8.78 Å². The van der Waals surface area contributed by atoms with Gasteiger partial charge < -0.3 is 15.5 Å². The van der Waals surface area contributed by atoms with E-state index in [4.69, 9.17) is 5.73 Å². The van der Waals surface area contributed by atoms with Gasteiger partial charge in [-0.3, -0.25) is 9.79 Å². The molecule has 3 rings (SSSR count). The van der Waals surface area contributed by atoms with Gasteiger partial charge in [-0.15, -0.1) is 0 Å². The Labute approximate surface area is 167 Å². The molecule has 1 amide bonds. The number of hydrogen-bond acceptors (Lipinski definition) is 4. The van der Waals surface area contributed by atoms with Gasteiger partial charge in [0.25, 0.3) is 0 Å². The van der Waals surface area contributed by atoms with Crippen molar-refractivity contribution in [1.82, 2.24) is 9.80 Å². The first-order valence-electron chi connectivity index (χ1n) is 9.12. The Morgan fingerprint density at radius 1 is 1.17 bits per heavy atom. The lowest BCUT2D eigenvalue weighted by Crippen LogP contribution is -2.53. The van der Waals surface area contributed by atoms with Gasteiger partial charge in [0.15, 0.2) is 11.6 Å². The number of nitrogens with two attached hydrogens (primary N) is 1. The van der Waals surface area contributed by atoms with Crippen LogP contribution in [0.3, 0.4) is 0 Å². The monoisotopic (exact) mass is 440 g/mol. The number of aliphatic imine (C=N–C) groups is 1. The molecule has 2 aliphatic rings. The third kappa shape index (κ3) is 4.52. The maximum absolute atomic E-state index is 13.6. The Hall–Kier alpha value is -2.37. The van der Waals surface area contributed by atoms with Crippen molar-refractivity contribution in [2.75, 3.05) is 26.2 Å². The van der Waals surface area contributed by atoms with Crippen LogP contribution < -0.4 is 5.73 Å². The molecule has 0 spiro atoms. The first kappa shape index (κ1) is 22.3. The summed E-state index contributed by atoms with van der Waals surface area (Å²) in [5.74, 6) is -7.44. The average Bonchev–Trinajstić information content (AvgIpc) is 3.07. The van der Waals surface area contributed by atoms with Crippen LogP contribution in [0.5, 0.6) is 0 Å². The molecule has 0 radical (unpaired) electrons. The van der Waals surface area contributed by atoms with Crippen molar-refractivity contribution in [2.45, 2.75) is 37.0 Å². The van der Waals surface area contributed by atoms with Crippen LogP contribution in [0.4, 0.5) is 30.7 Å². The van der Waals surface area contributed by atoms with Gasteiger partial charge in [-0.05, 0) is 24.1 Å². The van der Waals surface area contributed by atoms with Gasteiger partial charge in [-0.2, -0.15) is 22.0 Å². The number of nitrogens with zero attached hydrogens (tertiary/aromatic N) is 3. The Bertz CT molecular complexity index is 842. The number of halogens is 7. The van der Waals surface area contributed by atoms with Crippen molar-refractivity contribution in [1.29, 1.82) is 0 Å². The topological polar surface area (TPSA) is 61.9 Å². The molecule has 1 aromatic rings. The molecule has 0 saturated carbocycles. The Balaban J connectivity index is 1.59. The van der Waals surface area contributed by atoms with Crippen LogP contribution >= 0.6 is 0 Å². The smallest absolute Gasteiger partial charge is 0.355 e. The van der Waals surface area contributed by atoms with Gasteiger partial charge in [0.05, 0.1) is 6.54 Å². The molecule has 0 aliphatic carbocycles. The van der Waals surface area contributed by atoms with E-state index >= 15 is 0 Å². The second-order valence-electron chi connectivity index (χ2n) is 7.36. The van der Waals surface area contributed by atoms with Crippen LogP contribution in [0.15, 0.2) is 23.2 Å². The fraction of sp³-hybridized carbons (Fsp3) is 0.556. The fourth-order valence-electron chi connectivity index (χ4n) is 3.46. The molecule has 1 unspecified atom stereocenters. The highest BCUT2D eigenvalue weighted by molar-refractivity contribution is 5.91. The van der Waals surface area contributed by atoms with Gasteiger partial charge in [0.2, 0.25) is 5.91 Å². The minimum absolute atomic E-state index is 0.00213. The quantitative estimate of drug-likeness (QED) is 0.716. The summed E-state index contributed by atoms with van der Waals surface area (Å²) in [4.78, 5) is 18.6. The van der Waals surface area contributed by atoms with Crippen molar-refractivity contribution < 1.29 is 35.5 Å². The lowest BCUT2D eigenvalue weighted by atomic mass is 10.0. The number of alkyl halides is 5. The van der Waals surface area contributed by atoms with Gasteiger partial charge in [0.1, 0.15) is 11.9 Å². The van der Waals surface area contributed by atoms with Crippen LogP contribution in [-0.4, -0.2) is 71.9 Å². The fourth-order valence-corrected chi connectivity index (χ4v) is 3.46. The molecule has 2 N–H and O–H groups in total. The normalized spacial score (nSPS) is 20.8. The summed E-state index contributed by atoms with van der Waals surface area (Å²) in [6.45, 7) is -0.561. The molecule has 1 aromatic carbocycles. The standard InChI is InChI=1S/C18H19F7N4O/c19-12-2-1-10(6-13(12)20)5-11(26)7-16(30)29-4-3-28-8-14(27-15(28)9-29)17(21,22)18(23,24)25/h1-2,6,11,14H,3-5,7-9,26H2/t11-,14?/m1/s1. The molecular weight excluding hydrogens is 421 g/mol. The molecule has 30 heavy (non-hydrogen) atoms. The number of rotatable bonds is 5. The molecule has 0 bridgehead atoms. The molecule has 1 fully saturated rings. The zero-order valence-electron chi connectivity index (χ0n) is 15.6. The lowest BCUT2D eigenvalue weighted by Gasteiger charge is -2.34. The molecule has 166 valence electrons. The number of piperazine rings is 1. The van der Waals surface area contributed by atoms with Gasteiger partial charge >= 0.3 is 12.1 Å². The van der Waals surface area contributed by atoms with Crippen molar-refractivity contribution >= 4 is 11.7 Å². The van der Waals surface area contributed by atoms with Crippen molar-refractivity contribution in [3.63, 3.8) is 0 Å². The molecule has 2 atom stereocenters. The summed E-state index contributed by atoms with van der Waals surface area (Å²) >= 11 is 0. The second kappa shape index (κ2) is 8.05. The summed E-state index contributed by atoms with van der Waals surface area (Å²) in [5.41, 5.74) is 6.31. The lowest BCUT2D eigenvalue weighted by molar-refractivity contribution is -0.288. The highest BCUT2D eigenvalue weighted by Crippen LogP contribution is 2.41. The number of hydrogen-bond donors (Lipinski definition) is 1. The average molecular weight is 440 g/mol. The van der Waals surface area contributed by atoms with E-state index in [2.05, 4.69) is 4.99 Å². The SMILES string of the molecule is N[C@@H](CC(=O)N1CCN2CC(C(F)(F)C(F)(F)F)N=C2C1)Cc1ccc(F)c(F)c1. The predicted molar refractivity (Wildman–Crippen MR) is 93.0 cm³/mol. The molecule has 0 aromatic heterocycles. The second-order valence-corrected chi connectivity index (χ2v) is 7.36. The molecule has 5 nitrogen and oxygen atoms in total. The van der Waals surface area contributed by atoms with Crippen molar-refractivity contribution in [3.8, 4) is 0 Å². The molecule has 2 aliphatic heterocycles. The summed E-state index contributed by atoms with van der Waals surface area (Å²) < 4.78 is 91.1. The zero-order chi connectivity index (χ0) is 22.3. The Morgan fingerprint density at radius 2 is 1.87 bits per heavy atom. The first-order chi connectivity index (χ1) is 13.9. The van der Waals surface area contributed by atoms with Crippen molar-refractivity contribution in [3.05, 3.63) is 35.4 Å². The van der Waals surface area contributed by atoms with E-state index in [0.29, 0.717) is 5.56 Å². The number of amidine groups is 1. The summed E-state index contributed by atoms with van der Waals surface area (Å²) in [6, 6.07) is 0.304. The molecule has 12 heteroatoms. The summed E-state index contributed by atoms with van der Waals surface area (Å²) in [5, 5.41) is 0. The Morgan fingerprint density at radius 3 is 2.50 bits per heavy atom. The molecule has 2 heterocycles. The summed E-state index contributed by atoms with van der Waals surface area (Å²) in [6.07, 6.45) is -5.77. The molecule has 1 saturated heterocycles. The zero-order valence-corrected chi connectivity index (χ0v) is 15.6. The number of benzene rings is 1. The predicted octanol–water partition coefficient (Wildman–Crippen LogP) is 2.35. The van der Waals surface area contributed by atoms with E-state index in [9.17, 15) is 35.5 Å². The summed E-state index contributed by atoms with van der Waals surface area (Å²) in [7, 11) is 0. The van der Waals surface area contributed by atoms with E-state index < -0.39 is 48.3 Å². The van der Waals surface area contributed by atoms with E-state index in [0.717, 1.165) is 12.1 Å². The van der Waals surface area contributed by atoms with Crippen LogP contribution in [0.1, 0.15) is 12.0 Å². The Kier molecular flexibility index (Phi) is 5.99. The minimum atomic E-state index is -5.71. The third-order valence-corrected chi connectivity index (χ3v) is 5.10. The van der Waals surface area contributed by atoms with Crippen molar-refractivity contribution in [2.24, 2.45) is 10.7 Å². The van der Waals surface area contributed by atoms with Crippen LogP contribution in [0.2, 0.25) is 0 Å². The third-order valence-electron chi connectivity index (χ3n) is 5.10. The largest absolute Gasteiger partial charge is 0.455 e. The van der Waals surface area contributed by atoms with E-state index in [1.807, 2.05) is 0 Å². The van der Waals surface area contributed by atoms with Crippen LogP contribution in [0.25, 0.3) is 0 Å². The van der Waals surface area contributed by atoms with Crippen LogP contribution in [0, 0.1) is 11.6 Å². The van der Waals surface area contributed by atoms with E-state index in [-0.39, 0.29) is 38.3 Å². The maximum Gasteiger partial charge on any atom is 0.455 e. The number of carbonyl (C=O) groups is 1. The maximum atomic E-state index is 13.6. The minimum Gasteiger partial charge on any atom is -0.355 e. The number of fused-ring (bicyclic) bond motifs is 1. The van der Waals surface area contributed by atoms with Gasteiger partial charge in [0, 0.05) is 32.1 Å². The van der Waals surface area contributed by atoms with E-state index in [1.165, 1.54) is 15.9 Å². The number of carbonyl (C=O) groups excluding carboxylic acids is 1. The van der Waals surface area contributed by atoms with Gasteiger partial charge in [-0.1, -0.05) is 6.07 Å². The molecular formula is C18H19F7N4O. The van der Waals surface area contributed by atoms with E-state index in [1.54, 1.807) is 0 Å². The first-order valence-corrected chi connectivity index (χ1v) is 9.12.